The maximum absolute atomic E-state index is 13.0. The molecule has 1 aromatic heterocycles. The fourth-order valence-corrected chi connectivity index (χ4v) is 4.13. The lowest BCUT2D eigenvalue weighted by molar-refractivity contribution is -0.127. The summed E-state index contributed by atoms with van der Waals surface area (Å²) in [5.74, 6) is 0.723. The molecule has 0 bridgehead atoms. The third kappa shape index (κ3) is 6.28. The van der Waals surface area contributed by atoms with Gasteiger partial charge in [0.15, 0.2) is 0 Å². The Bertz CT molecular complexity index is 1200. The molecular formula is C25H30ClN7O2. The van der Waals surface area contributed by atoms with Gasteiger partial charge in [0.2, 0.25) is 0 Å². The number of carbonyl (C=O) groups is 1. The van der Waals surface area contributed by atoms with Gasteiger partial charge in [-0.25, -0.2) is 9.97 Å². The number of hydrogen-bond acceptors (Lipinski definition) is 8. The average molecular weight is 496 g/mol. The van der Waals surface area contributed by atoms with E-state index in [1.807, 2.05) is 26.8 Å². The van der Waals surface area contributed by atoms with Gasteiger partial charge in [-0.3, -0.25) is 10.2 Å². The number of nitrogen functional groups attached to an aromatic ring is 1. The number of nitrogens with one attached hydrogen (secondary N) is 2. The number of allylic oxidation sites excluding steroid dienone is 1. The van der Waals surface area contributed by atoms with E-state index in [1.165, 1.54) is 13.4 Å². The predicted molar refractivity (Wildman–Crippen MR) is 137 cm³/mol. The fourth-order valence-electron chi connectivity index (χ4n) is 3.93. The van der Waals surface area contributed by atoms with Gasteiger partial charge in [0, 0.05) is 24.7 Å². The van der Waals surface area contributed by atoms with E-state index in [2.05, 4.69) is 15.3 Å². The van der Waals surface area contributed by atoms with Crippen molar-refractivity contribution in [1.29, 1.82) is 10.7 Å². The van der Waals surface area contributed by atoms with Gasteiger partial charge < -0.3 is 20.7 Å². The Hall–Kier alpha value is -3.64. The molecule has 1 saturated heterocycles. The maximum atomic E-state index is 13.0. The van der Waals surface area contributed by atoms with Crippen LogP contribution < -0.4 is 15.8 Å². The Morgan fingerprint density at radius 2 is 2.14 bits per heavy atom. The zero-order valence-electron chi connectivity index (χ0n) is 20.4. The Balaban J connectivity index is 1.84. The lowest BCUT2D eigenvalue weighted by atomic mass is 9.93. The van der Waals surface area contributed by atoms with Crippen LogP contribution >= 0.6 is 11.6 Å². The number of piperidine rings is 1. The molecule has 10 heteroatoms. The third-order valence-corrected chi connectivity index (χ3v) is 5.86. The SMILES string of the molecule is COc1cc(C(=N)c2c(N)ncnc2NC2CCCN(C(=O)/C(C#N)=C/C(C)(C)C)C2)ccc1Cl. The average Bonchev–Trinajstić information content (AvgIpc) is 2.82. The van der Waals surface area contributed by atoms with Gasteiger partial charge >= 0.3 is 0 Å². The van der Waals surface area contributed by atoms with Crippen molar-refractivity contribution in [3.63, 3.8) is 0 Å². The van der Waals surface area contributed by atoms with Crippen LogP contribution in [0.4, 0.5) is 11.6 Å². The number of ether oxygens (including phenoxy) is 1. The topological polar surface area (TPSA) is 141 Å². The molecule has 1 aromatic carbocycles. The Morgan fingerprint density at radius 1 is 1.40 bits per heavy atom. The zero-order valence-corrected chi connectivity index (χ0v) is 21.1. The monoisotopic (exact) mass is 495 g/mol. The second-order valence-corrected chi connectivity index (χ2v) is 9.88. The molecule has 4 N–H and O–H groups in total. The number of nitriles is 1. The first-order valence-corrected chi connectivity index (χ1v) is 11.6. The maximum Gasteiger partial charge on any atom is 0.264 e. The molecule has 1 atom stereocenters. The van der Waals surface area contributed by atoms with E-state index in [-0.39, 0.29) is 34.5 Å². The summed E-state index contributed by atoms with van der Waals surface area (Å²) >= 11 is 6.13. The number of aromatic nitrogens is 2. The van der Waals surface area contributed by atoms with Gasteiger partial charge in [-0.2, -0.15) is 5.26 Å². The molecule has 2 aromatic rings. The van der Waals surface area contributed by atoms with E-state index in [9.17, 15) is 10.1 Å². The lowest BCUT2D eigenvalue weighted by Gasteiger charge is -2.34. The molecule has 0 radical (unpaired) electrons. The summed E-state index contributed by atoms with van der Waals surface area (Å²) < 4.78 is 5.27. The normalized spacial score (nSPS) is 16.4. The highest BCUT2D eigenvalue weighted by atomic mass is 35.5. The molecule has 0 saturated carbocycles. The van der Waals surface area contributed by atoms with Gasteiger partial charge in [0.05, 0.1) is 23.4 Å². The van der Waals surface area contributed by atoms with Crippen LogP contribution in [0.15, 0.2) is 36.2 Å². The molecule has 2 heterocycles. The lowest BCUT2D eigenvalue weighted by Crippen LogP contribution is -2.46. The molecule has 1 amide bonds. The molecule has 0 spiro atoms. The van der Waals surface area contributed by atoms with Crippen LogP contribution in [0.5, 0.6) is 5.75 Å². The summed E-state index contributed by atoms with van der Waals surface area (Å²) in [6, 6.07) is 6.93. The molecule has 1 aliphatic rings. The first-order valence-electron chi connectivity index (χ1n) is 11.3. The molecule has 1 unspecified atom stereocenters. The number of amides is 1. The van der Waals surface area contributed by atoms with E-state index in [0.717, 1.165) is 12.8 Å². The molecule has 1 aliphatic heterocycles. The van der Waals surface area contributed by atoms with Crippen LogP contribution in [0.25, 0.3) is 0 Å². The number of carbonyl (C=O) groups excluding carboxylic acids is 1. The van der Waals surface area contributed by atoms with Crippen molar-refractivity contribution in [3.05, 3.63) is 52.3 Å². The highest BCUT2D eigenvalue weighted by molar-refractivity contribution is 6.32. The third-order valence-electron chi connectivity index (χ3n) is 5.54. The van der Waals surface area contributed by atoms with Crippen molar-refractivity contribution < 1.29 is 9.53 Å². The van der Waals surface area contributed by atoms with Gasteiger partial charge in [0.1, 0.15) is 35.4 Å². The summed E-state index contributed by atoms with van der Waals surface area (Å²) in [7, 11) is 1.51. The number of anilines is 2. The number of hydrogen-bond donors (Lipinski definition) is 3. The molecule has 184 valence electrons. The minimum atomic E-state index is -0.285. The smallest absolute Gasteiger partial charge is 0.264 e. The van der Waals surface area contributed by atoms with E-state index >= 15 is 0 Å². The molecule has 3 rings (SSSR count). The molecular weight excluding hydrogens is 466 g/mol. The Labute approximate surface area is 210 Å². The Kier molecular flexibility index (Phi) is 7.97. The highest BCUT2D eigenvalue weighted by Gasteiger charge is 2.28. The highest BCUT2D eigenvalue weighted by Crippen LogP contribution is 2.29. The Morgan fingerprint density at radius 3 is 2.80 bits per heavy atom. The van der Waals surface area contributed by atoms with Crippen LogP contribution in [-0.2, 0) is 4.79 Å². The van der Waals surface area contributed by atoms with Gasteiger partial charge in [-0.05, 0) is 30.4 Å². The van der Waals surface area contributed by atoms with Crippen LogP contribution in [-0.4, -0.2) is 52.7 Å². The number of likely N-dealkylation sites (tertiary alicyclic amines) is 1. The van der Waals surface area contributed by atoms with E-state index in [1.54, 1.807) is 29.2 Å². The number of methoxy groups -OCH3 is 1. The van der Waals surface area contributed by atoms with Crippen LogP contribution in [0, 0.1) is 22.2 Å². The van der Waals surface area contributed by atoms with Crippen LogP contribution in [0.3, 0.4) is 0 Å². The molecule has 1 fully saturated rings. The number of rotatable bonds is 6. The van der Waals surface area contributed by atoms with E-state index in [0.29, 0.717) is 40.8 Å². The quantitative estimate of drug-likeness (QED) is 0.312. The fraction of sp³-hybridized carbons (Fsp3) is 0.400. The number of benzene rings is 1. The van der Waals surface area contributed by atoms with Crippen molar-refractivity contribution in [2.45, 2.75) is 39.7 Å². The molecule has 9 nitrogen and oxygen atoms in total. The van der Waals surface area contributed by atoms with Gasteiger partial charge in [0.25, 0.3) is 5.91 Å². The van der Waals surface area contributed by atoms with Crippen molar-refractivity contribution in [2.24, 2.45) is 5.41 Å². The number of halogens is 1. The first kappa shape index (κ1) is 26.0. The van der Waals surface area contributed by atoms with Crippen molar-refractivity contribution in [2.75, 3.05) is 31.2 Å². The summed E-state index contributed by atoms with van der Waals surface area (Å²) in [5.41, 5.74) is 7.03. The predicted octanol–water partition coefficient (Wildman–Crippen LogP) is 4.04. The van der Waals surface area contributed by atoms with Crippen LogP contribution in [0.2, 0.25) is 5.02 Å². The summed E-state index contributed by atoms with van der Waals surface area (Å²) in [6.07, 6.45) is 4.60. The first-order chi connectivity index (χ1) is 16.5. The molecule has 0 aliphatic carbocycles. The number of nitrogens with zero attached hydrogens (tertiary/aromatic N) is 4. The van der Waals surface area contributed by atoms with Crippen molar-refractivity contribution in [1.82, 2.24) is 14.9 Å². The zero-order chi connectivity index (χ0) is 25.8. The summed E-state index contributed by atoms with van der Waals surface area (Å²) in [6.45, 7) is 6.81. The minimum absolute atomic E-state index is 0.115. The van der Waals surface area contributed by atoms with Gasteiger partial charge in [-0.15, -0.1) is 0 Å². The van der Waals surface area contributed by atoms with Crippen LogP contribution in [0.1, 0.15) is 44.7 Å². The largest absolute Gasteiger partial charge is 0.495 e. The summed E-state index contributed by atoms with van der Waals surface area (Å²) in [4.78, 5) is 23.1. The molecule has 35 heavy (non-hydrogen) atoms. The van der Waals surface area contributed by atoms with Gasteiger partial charge in [-0.1, -0.05) is 44.5 Å². The van der Waals surface area contributed by atoms with E-state index < -0.39 is 0 Å². The summed E-state index contributed by atoms with van der Waals surface area (Å²) in [5, 5.41) is 22.1. The minimum Gasteiger partial charge on any atom is -0.495 e. The van der Waals surface area contributed by atoms with E-state index in [4.69, 9.17) is 27.5 Å². The van der Waals surface area contributed by atoms with Crippen molar-refractivity contribution >= 4 is 34.9 Å². The second-order valence-electron chi connectivity index (χ2n) is 9.48. The number of nitrogens with two attached hydrogens (primary N) is 1. The standard InChI is InChI=1S/C25H30ClN7O2/c1-25(2,3)11-16(12-27)24(34)33-9-5-6-17(13-33)32-23-20(22(29)30-14-31-23)21(28)15-7-8-18(26)19(10-15)35-4/h7-8,10-11,14,17,28H,5-6,9,13H2,1-4H3,(H3,29,30,31,32)/b16-11+,28-21?. The van der Waals surface area contributed by atoms with Crippen molar-refractivity contribution in [3.8, 4) is 11.8 Å². The second kappa shape index (κ2) is 10.7.